The van der Waals surface area contributed by atoms with E-state index in [2.05, 4.69) is 12.2 Å². The highest BCUT2D eigenvalue weighted by atomic mass is 16.2. The molecule has 2 aliphatic rings. The van der Waals surface area contributed by atoms with Gasteiger partial charge in [-0.05, 0) is 32.1 Å². The van der Waals surface area contributed by atoms with Gasteiger partial charge < -0.3 is 16.0 Å². The zero-order chi connectivity index (χ0) is 10.2. The van der Waals surface area contributed by atoms with E-state index in [-0.39, 0.29) is 11.6 Å². The van der Waals surface area contributed by atoms with Crippen molar-refractivity contribution in [1.82, 2.24) is 10.2 Å². The van der Waals surface area contributed by atoms with E-state index >= 15 is 0 Å². The van der Waals surface area contributed by atoms with E-state index < -0.39 is 0 Å². The largest absolute Gasteiger partial charge is 0.338 e. The van der Waals surface area contributed by atoms with Crippen LogP contribution in [0.3, 0.4) is 0 Å². The zero-order valence-corrected chi connectivity index (χ0v) is 8.75. The lowest BCUT2D eigenvalue weighted by atomic mass is 9.93. The summed E-state index contributed by atoms with van der Waals surface area (Å²) in [7, 11) is 0. The lowest BCUT2D eigenvalue weighted by molar-refractivity contribution is 0.0997. The lowest BCUT2D eigenvalue weighted by Gasteiger charge is -2.43. The predicted molar refractivity (Wildman–Crippen MR) is 54.9 cm³/mol. The first kappa shape index (κ1) is 9.77. The van der Waals surface area contributed by atoms with Crippen LogP contribution in [0.4, 0.5) is 4.79 Å². The number of hydrogen-bond donors (Lipinski definition) is 2. The average Bonchev–Trinajstić information content (AvgIpc) is 3.01. The van der Waals surface area contributed by atoms with Crippen molar-refractivity contribution >= 4 is 6.03 Å². The number of rotatable bonds is 3. The van der Waals surface area contributed by atoms with Gasteiger partial charge >= 0.3 is 6.03 Å². The summed E-state index contributed by atoms with van der Waals surface area (Å²) in [6.45, 7) is 4.36. The summed E-state index contributed by atoms with van der Waals surface area (Å²) in [5.41, 5.74) is 5.71. The fourth-order valence-corrected chi connectivity index (χ4v) is 2.32. The molecule has 0 radical (unpaired) electrons. The van der Waals surface area contributed by atoms with E-state index in [1.807, 2.05) is 4.90 Å². The number of nitrogens with one attached hydrogen (secondary N) is 1. The second-order valence-corrected chi connectivity index (χ2v) is 4.57. The lowest BCUT2D eigenvalue weighted by Crippen LogP contribution is -2.61. The van der Waals surface area contributed by atoms with Crippen LogP contribution in [0.2, 0.25) is 0 Å². The van der Waals surface area contributed by atoms with Crippen LogP contribution in [0.1, 0.15) is 26.2 Å². The molecular formula is C10H19N3O. The second-order valence-electron chi connectivity index (χ2n) is 4.57. The van der Waals surface area contributed by atoms with Gasteiger partial charge in [0.05, 0.1) is 5.54 Å². The Morgan fingerprint density at radius 2 is 2.36 bits per heavy atom. The van der Waals surface area contributed by atoms with Crippen LogP contribution in [-0.2, 0) is 0 Å². The summed E-state index contributed by atoms with van der Waals surface area (Å²) in [4.78, 5) is 13.6. The van der Waals surface area contributed by atoms with Crippen molar-refractivity contribution in [2.24, 2.45) is 11.7 Å². The van der Waals surface area contributed by atoms with Gasteiger partial charge in [-0.3, -0.25) is 0 Å². The van der Waals surface area contributed by atoms with Gasteiger partial charge in [-0.25, -0.2) is 4.79 Å². The Bertz CT molecular complexity index is 240. The maximum Gasteiger partial charge on any atom is 0.317 e. The third-order valence-corrected chi connectivity index (χ3v) is 3.57. The van der Waals surface area contributed by atoms with Gasteiger partial charge in [-0.15, -0.1) is 0 Å². The van der Waals surface area contributed by atoms with E-state index in [4.69, 9.17) is 5.73 Å². The van der Waals surface area contributed by atoms with E-state index in [0.29, 0.717) is 12.5 Å². The van der Waals surface area contributed by atoms with Crippen LogP contribution in [0.25, 0.3) is 0 Å². The third kappa shape index (κ3) is 1.47. The van der Waals surface area contributed by atoms with Crippen LogP contribution in [0.15, 0.2) is 0 Å². The molecule has 0 spiro atoms. The van der Waals surface area contributed by atoms with Crippen molar-refractivity contribution in [3.8, 4) is 0 Å². The quantitative estimate of drug-likeness (QED) is 0.693. The standard InChI is InChI=1S/C10H19N3O/c1-10(7-11,8-3-4-8)13-6-2-5-12-9(13)14/h8H,2-7,11H2,1H3,(H,12,14). The zero-order valence-electron chi connectivity index (χ0n) is 8.75. The van der Waals surface area contributed by atoms with Gasteiger partial charge in [0.1, 0.15) is 0 Å². The Balaban J connectivity index is 2.12. The maximum absolute atomic E-state index is 11.7. The highest BCUT2D eigenvalue weighted by Crippen LogP contribution is 2.42. The van der Waals surface area contributed by atoms with Crippen molar-refractivity contribution < 1.29 is 4.79 Å². The summed E-state index contributed by atoms with van der Waals surface area (Å²) in [6.07, 6.45) is 3.48. The number of nitrogens with two attached hydrogens (primary N) is 1. The van der Waals surface area contributed by atoms with Gasteiger partial charge in [-0.2, -0.15) is 0 Å². The molecule has 14 heavy (non-hydrogen) atoms. The van der Waals surface area contributed by atoms with Gasteiger partial charge in [0.2, 0.25) is 0 Å². The monoisotopic (exact) mass is 197 g/mol. The van der Waals surface area contributed by atoms with Crippen molar-refractivity contribution in [3.63, 3.8) is 0 Å². The molecule has 0 aromatic rings. The molecule has 1 saturated carbocycles. The van der Waals surface area contributed by atoms with Crippen molar-refractivity contribution in [3.05, 3.63) is 0 Å². The molecule has 4 heteroatoms. The molecule has 80 valence electrons. The molecule has 4 nitrogen and oxygen atoms in total. The SMILES string of the molecule is CC(CN)(C1CC1)N1CCCNC1=O. The van der Waals surface area contributed by atoms with Crippen molar-refractivity contribution in [1.29, 1.82) is 0 Å². The highest BCUT2D eigenvalue weighted by molar-refractivity contribution is 5.76. The number of carbonyl (C=O) groups is 1. The van der Waals surface area contributed by atoms with E-state index in [0.717, 1.165) is 19.5 Å². The molecular weight excluding hydrogens is 178 g/mol. The number of carbonyl (C=O) groups excluding carboxylic acids is 1. The Hall–Kier alpha value is -0.770. The highest BCUT2D eigenvalue weighted by Gasteiger charge is 2.47. The van der Waals surface area contributed by atoms with E-state index in [1.54, 1.807) is 0 Å². The van der Waals surface area contributed by atoms with Crippen LogP contribution < -0.4 is 11.1 Å². The second kappa shape index (κ2) is 3.42. The third-order valence-electron chi connectivity index (χ3n) is 3.57. The van der Waals surface area contributed by atoms with Crippen LogP contribution in [0.5, 0.6) is 0 Å². The first-order valence-electron chi connectivity index (χ1n) is 5.44. The smallest absolute Gasteiger partial charge is 0.317 e. The van der Waals surface area contributed by atoms with Gasteiger partial charge in [-0.1, -0.05) is 0 Å². The summed E-state index contributed by atoms with van der Waals surface area (Å²) < 4.78 is 0. The predicted octanol–water partition coefficient (Wildman–Crippen LogP) is 0.529. The minimum atomic E-state index is -0.107. The molecule has 1 unspecified atom stereocenters. The van der Waals surface area contributed by atoms with Crippen LogP contribution in [0, 0.1) is 5.92 Å². The van der Waals surface area contributed by atoms with E-state index in [1.165, 1.54) is 12.8 Å². The summed E-state index contributed by atoms with van der Waals surface area (Å²) in [6, 6.07) is 0.0658. The Labute approximate surface area is 84.8 Å². The molecule has 2 rings (SSSR count). The first-order chi connectivity index (χ1) is 6.68. The van der Waals surface area contributed by atoms with Crippen LogP contribution in [-0.4, -0.2) is 36.1 Å². The van der Waals surface area contributed by atoms with Gasteiger partial charge in [0, 0.05) is 19.6 Å². The summed E-state index contributed by atoms with van der Waals surface area (Å²) in [5.74, 6) is 0.622. The minimum Gasteiger partial charge on any atom is -0.338 e. The molecule has 2 amide bonds. The summed E-state index contributed by atoms with van der Waals surface area (Å²) in [5, 5.41) is 2.89. The fourth-order valence-electron chi connectivity index (χ4n) is 2.32. The number of amides is 2. The Kier molecular flexibility index (Phi) is 2.39. The molecule has 3 N–H and O–H groups in total. The number of nitrogens with zero attached hydrogens (tertiary/aromatic N) is 1. The van der Waals surface area contributed by atoms with E-state index in [9.17, 15) is 4.79 Å². The maximum atomic E-state index is 11.7. The van der Waals surface area contributed by atoms with Crippen molar-refractivity contribution in [2.45, 2.75) is 31.7 Å². The normalized spacial score (nSPS) is 27.0. The molecule has 0 aromatic carbocycles. The topological polar surface area (TPSA) is 58.4 Å². The molecule has 1 aliphatic heterocycles. The average molecular weight is 197 g/mol. The summed E-state index contributed by atoms with van der Waals surface area (Å²) >= 11 is 0. The van der Waals surface area contributed by atoms with Crippen molar-refractivity contribution in [2.75, 3.05) is 19.6 Å². The molecule has 1 saturated heterocycles. The Morgan fingerprint density at radius 3 is 2.86 bits per heavy atom. The molecule has 1 aliphatic carbocycles. The minimum absolute atomic E-state index is 0.0658. The first-order valence-corrected chi connectivity index (χ1v) is 5.44. The molecule has 1 heterocycles. The molecule has 0 aromatic heterocycles. The molecule has 2 fully saturated rings. The number of hydrogen-bond acceptors (Lipinski definition) is 2. The molecule has 1 atom stereocenters. The number of urea groups is 1. The van der Waals surface area contributed by atoms with Gasteiger partial charge in [0.15, 0.2) is 0 Å². The van der Waals surface area contributed by atoms with Crippen LogP contribution >= 0.6 is 0 Å². The van der Waals surface area contributed by atoms with Gasteiger partial charge in [0.25, 0.3) is 0 Å². The molecule has 0 bridgehead atoms. The fraction of sp³-hybridized carbons (Fsp3) is 0.900. The Morgan fingerprint density at radius 1 is 1.64 bits per heavy atom.